The van der Waals surface area contributed by atoms with Crippen LogP contribution in [0.4, 0.5) is 0 Å². The van der Waals surface area contributed by atoms with Crippen molar-refractivity contribution >= 4 is 26.8 Å². The van der Waals surface area contributed by atoms with Crippen LogP contribution >= 0.6 is 15.9 Å². The third kappa shape index (κ3) is 2.83. The summed E-state index contributed by atoms with van der Waals surface area (Å²) in [5.74, 6) is 0.869. The van der Waals surface area contributed by atoms with E-state index in [0.717, 1.165) is 21.3 Å². The number of hydrogen-bond donors (Lipinski definition) is 0. The van der Waals surface area contributed by atoms with E-state index in [1.165, 1.54) is 11.1 Å². The number of benzene rings is 2. The van der Waals surface area contributed by atoms with Crippen molar-refractivity contribution in [2.24, 2.45) is 0 Å². The molecule has 20 heavy (non-hydrogen) atoms. The molecule has 1 heterocycles. The van der Waals surface area contributed by atoms with Gasteiger partial charge in [-0.2, -0.15) is 0 Å². The minimum atomic E-state index is 0.579. The van der Waals surface area contributed by atoms with Gasteiger partial charge in [-0.25, -0.2) is 4.98 Å². The van der Waals surface area contributed by atoms with Gasteiger partial charge in [0.25, 0.3) is 0 Å². The molecule has 0 aliphatic carbocycles. The average Bonchev–Trinajstić information content (AvgIpc) is 2.46. The number of aryl methyl sites for hydroxylation is 1. The summed E-state index contributed by atoms with van der Waals surface area (Å²) < 4.78 is 6.71. The number of pyridine rings is 1. The van der Waals surface area contributed by atoms with E-state index in [1.54, 1.807) is 0 Å². The zero-order valence-electron chi connectivity index (χ0n) is 11.1. The minimum absolute atomic E-state index is 0.579. The predicted molar refractivity (Wildman–Crippen MR) is 85.0 cm³/mol. The average molecular weight is 328 g/mol. The summed E-state index contributed by atoms with van der Waals surface area (Å²) >= 11 is 3.42. The highest BCUT2D eigenvalue weighted by molar-refractivity contribution is 9.10. The van der Waals surface area contributed by atoms with Gasteiger partial charge < -0.3 is 4.74 Å². The first-order valence-electron chi connectivity index (χ1n) is 6.46. The van der Waals surface area contributed by atoms with E-state index in [4.69, 9.17) is 4.74 Å². The molecule has 3 aromatic rings. The second kappa shape index (κ2) is 5.63. The maximum atomic E-state index is 5.85. The largest absolute Gasteiger partial charge is 0.489 e. The van der Waals surface area contributed by atoms with Crippen LogP contribution in [0.15, 0.2) is 59.2 Å². The number of nitrogens with zero attached hydrogens (tertiary/aromatic N) is 1. The van der Waals surface area contributed by atoms with Crippen molar-refractivity contribution in [2.75, 3.05) is 0 Å². The monoisotopic (exact) mass is 327 g/mol. The van der Waals surface area contributed by atoms with E-state index in [-0.39, 0.29) is 0 Å². The molecule has 0 unspecified atom stereocenters. The molecule has 3 heteroatoms. The summed E-state index contributed by atoms with van der Waals surface area (Å²) in [4.78, 5) is 4.46. The van der Waals surface area contributed by atoms with Gasteiger partial charge in [0.2, 0.25) is 0 Å². The van der Waals surface area contributed by atoms with Gasteiger partial charge in [0.05, 0.1) is 5.52 Å². The first kappa shape index (κ1) is 13.1. The predicted octanol–water partition coefficient (Wildman–Crippen LogP) is 4.88. The quantitative estimate of drug-likeness (QED) is 0.639. The molecule has 0 amide bonds. The molecule has 0 atom stereocenters. The molecule has 3 rings (SSSR count). The summed E-state index contributed by atoms with van der Waals surface area (Å²) in [6.45, 7) is 2.66. The Labute approximate surface area is 126 Å². The molecule has 0 aliphatic heterocycles. The molecule has 0 N–H and O–H groups in total. The van der Waals surface area contributed by atoms with Crippen LogP contribution in [0.3, 0.4) is 0 Å². The van der Waals surface area contributed by atoms with Gasteiger partial charge >= 0.3 is 0 Å². The fourth-order valence-electron chi connectivity index (χ4n) is 2.16. The highest BCUT2D eigenvalue weighted by Gasteiger charge is 2.03. The van der Waals surface area contributed by atoms with Gasteiger partial charge in [-0.3, -0.25) is 0 Å². The van der Waals surface area contributed by atoms with Gasteiger partial charge in [-0.15, -0.1) is 0 Å². The fourth-order valence-corrected chi connectivity index (χ4v) is 2.70. The minimum Gasteiger partial charge on any atom is -0.489 e. The number of hydrogen-bond acceptors (Lipinski definition) is 2. The Hall–Kier alpha value is -1.87. The molecule has 0 aliphatic rings. The SMILES string of the molecule is Cc1cc(Br)nc2ccc(OCc3ccccc3)cc12. The Morgan fingerprint density at radius 1 is 1.05 bits per heavy atom. The van der Waals surface area contributed by atoms with E-state index in [9.17, 15) is 0 Å². The highest BCUT2D eigenvalue weighted by atomic mass is 79.9. The first-order valence-corrected chi connectivity index (χ1v) is 7.25. The number of ether oxygens (including phenoxy) is 1. The summed E-state index contributed by atoms with van der Waals surface area (Å²) in [6.07, 6.45) is 0. The first-order chi connectivity index (χ1) is 9.72. The third-order valence-corrected chi connectivity index (χ3v) is 3.61. The van der Waals surface area contributed by atoms with Gasteiger partial charge in [0.1, 0.15) is 17.0 Å². The van der Waals surface area contributed by atoms with E-state index < -0.39 is 0 Å². The van der Waals surface area contributed by atoms with E-state index in [0.29, 0.717) is 6.61 Å². The van der Waals surface area contributed by atoms with Crippen LogP contribution in [0, 0.1) is 6.92 Å². The second-order valence-electron chi connectivity index (χ2n) is 4.72. The van der Waals surface area contributed by atoms with Gasteiger partial charge in [0, 0.05) is 5.39 Å². The molecule has 0 bridgehead atoms. The van der Waals surface area contributed by atoms with Gasteiger partial charge in [0.15, 0.2) is 0 Å². The zero-order chi connectivity index (χ0) is 13.9. The van der Waals surface area contributed by atoms with Crippen LogP contribution in [0.1, 0.15) is 11.1 Å². The second-order valence-corrected chi connectivity index (χ2v) is 5.53. The fraction of sp³-hybridized carbons (Fsp3) is 0.118. The lowest BCUT2D eigenvalue weighted by atomic mass is 10.1. The Kier molecular flexibility index (Phi) is 3.70. The molecule has 0 fully saturated rings. The number of rotatable bonds is 3. The molecule has 100 valence electrons. The van der Waals surface area contributed by atoms with Crippen LogP contribution in [0.2, 0.25) is 0 Å². The third-order valence-electron chi connectivity index (χ3n) is 3.20. The van der Waals surface area contributed by atoms with Crippen molar-refractivity contribution in [1.82, 2.24) is 4.98 Å². The van der Waals surface area contributed by atoms with Crippen LogP contribution in [-0.4, -0.2) is 4.98 Å². The lowest BCUT2D eigenvalue weighted by Gasteiger charge is -2.08. The lowest BCUT2D eigenvalue weighted by Crippen LogP contribution is -1.95. The van der Waals surface area contributed by atoms with E-state index in [1.807, 2.05) is 42.5 Å². The lowest BCUT2D eigenvalue weighted by molar-refractivity contribution is 0.306. The van der Waals surface area contributed by atoms with Crippen molar-refractivity contribution < 1.29 is 4.74 Å². The number of aromatic nitrogens is 1. The molecule has 0 saturated heterocycles. The Morgan fingerprint density at radius 2 is 1.85 bits per heavy atom. The smallest absolute Gasteiger partial charge is 0.120 e. The summed E-state index contributed by atoms with van der Waals surface area (Å²) in [5.41, 5.74) is 3.33. The van der Waals surface area contributed by atoms with Gasteiger partial charge in [-0.05, 0) is 58.2 Å². The molecule has 0 spiro atoms. The van der Waals surface area contributed by atoms with Crippen LogP contribution < -0.4 is 4.74 Å². The van der Waals surface area contributed by atoms with Crippen molar-refractivity contribution in [3.8, 4) is 5.75 Å². The molecule has 0 radical (unpaired) electrons. The molecule has 2 nitrogen and oxygen atoms in total. The van der Waals surface area contributed by atoms with Crippen molar-refractivity contribution in [3.63, 3.8) is 0 Å². The number of fused-ring (bicyclic) bond motifs is 1. The molecular weight excluding hydrogens is 314 g/mol. The normalized spacial score (nSPS) is 10.7. The summed E-state index contributed by atoms with van der Waals surface area (Å²) in [5, 5.41) is 1.12. The van der Waals surface area contributed by atoms with Gasteiger partial charge in [-0.1, -0.05) is 30.3 Å². The topological polar surface area (TPSA) is 22.1 Å². The summed E-state index contributed by atoms with van der Waals surface area (Å²) in [6, 6.07) is 18.2. The molecular formula is C17H14BrNO. The Bertz CT molecular complexity index is 741. The maximum absolute atomic E-state index is 5.85. The van der Waals surface area contributed by atoms with Crippen molar-refractivity contribution in [1.29, 1.82) is 0 Å². The van der Waals surface area contributed by atoms with Crippen LogP contribution in [0.5, 0.6) is 5.75 Å². The van der Waals surface area contributed by atoms with E-state index >= 15 is 0 Å². The van der Waals surface area contributed by atoms with Crippen LogP contribution in [0.25, 0.3) is 10.9 Å². The van der Waals surface area contributed by atoms with Crippen molar-refractivity contribution in [2.45, 2.75) is 13.5 Å². The molecule has 2 aromatic carbocycles. The standard InChI is InChI=1S/C17H14BrNO/c1-12-9-17(18)19-16-8-7-14(10-15(12)16)20-11-13-5-3-2-4-6-13/h2-10H,11H2,1H3. The zero-order valence-corrected chi connectivity index (χ0v) is 12.7. The highest BCUT2D eigenvalue weighted by Crippen LogP contribution is 2.25. The maximum Gasteiger partial charge on any atom is 0.120 e. The Balaban J connectivity index is 1.86. The summed E-state index contributed by atoms with van der Waals surface area (Å²) in [7, 11) is 0. The number of halogens is 1. The van der Waals surface area contributed by atoms with E-state index in [2.05, 4.69) is 40.0 Å². The van der Waals surface area contributed by atoms with Crippen molar-refractivity contribution in [3.05, 3.63) is 70.3 Å². The van der Waals surface area contributed by atoms with Crippen LogP contribution in [-0.2, 0) is 6.61 Å². The Morgan fingerprint density at radius 3 is 2.65 bits per heavy atom. The molecule has 0 saturated carbocycles. The molecule has 1 aromatic heterocycles.